The van der Waals surface area contributed by atoms with E-state index in [1.165, 1.54) is 7.11 Å². The molecule has 2 aliphatic rings. The number of carbonyl (C=O) groups excluding carboxylic acids is 1. The van der Waals surface area contributed by atoms with E-state index >= 15 is 0 Å². The molecule has 0 amide bonds. The molecule has 7 heteroatoms. The number of ether oxygens (including phenoxy) is 1. The second-order valence-electron chi connectivity index (χ2n) is 5.22. The molecule has 0 bridgehead atoms. The molecule has 0 spiro atoms. The summed E-state index contributed by atoms with van der Waals surface area (Å²) < 4.78 is 5.17. The number of carbonyl (C=O) groups is 1. The van der Waals surface area contributed by atoms with Gasteiger partial charge in [0.25, 0.3) is 0 Å². The van der Waals surface area contributed by atoms with Crippen LogP contribution in [0.4, 0.5) is 0 Å². The lowest BCUT2D eigenvalue weighted by Gasteiger charge is -2.34. The second kappa shape index (κ2) is 6.07. The minimum atomic E-state index is -0.336. The summed E-state index contributed by atoms with van der Waals surface area (Å²) in [5.41, 5.74) is 2.41. The first-order valence-electron chi connectivity index (χ1n) is 6.88. The van der Waals surface area contributed by atoms with Crippen LogP contribution in [0.3, 0.4) is 0 Å². The van der Waals surface area contributed by atoms with Gasteiger partial charge in [-0.3, -0.25) is 4.79 Å². The molecule has 0 fully saturated rings. The zero-order valence-corrected chi connectivity index (χ0v) is 14.2. The SMILES string of the molecule is COc1c(Cl)cc(C2NC(=S)NC3=C2C(=O)CCC3)cc1Cl. The number of allylic oxidation sites excluding steroid dienone is 1. The third-order valence-corrected chi connectivity index (χ3v) is 4.62. The van der Waals surface area contributed by atoms with Gasteiger partial charge in [-0.1, -0.05) is 23.2 Å². The highest BCUT2D eigenvalue weighted by molar-refractivity contribution is 7.80. The molecule has 0 saturated carbocycles. The van der Waals surface area contributed by atoms with Gasteiger partial charge in [0, 0.05) is 17.7 Å². The van der Waals surface area contributed by atoms with Crippen LogP contribution in [0.15, 0.2) is 23.4 Å². The third-order valence-electron chi connectivity index (χ3n) is 3.84. The van der Waals surface area contributed by atoms with Crippen LogP contribution in [0.5, 0.6) is 5.75 Å². The molecule has 1 heterocycles. The number of methoxy groups -OCH3 is 1. The number of hydrogen-bond donors (Lipinski definition) is 2. The number of hydrogen-bond acceptors (Lipinski definition) is 3. The molecule has 1 aliphatic heterocycles. The zero-order chi connectivity index (χ0) is 15.9. The Kier molecular flexibility index (Phi) is 4.30. The molecule has 1 atom stereocenters. The summed E-state index contributed by atoms with van der Waals surface area (Å²) in [4.78, 5) is 12.3. The molecule has 0 saturated heterocycles. The lowest BCUT2D eigenvalue weighted by Crippen LogP contribution is -2.46. The molecule has 0 aromatic heterocycles. The van der Waals surface area contributed by atoms with Crippen molar-refractivity contribution in [2.24, 2.45) is 0 Å². The van der Waals surface area contributed by atoms with E-state index in [4.69, 9.17) is 40.2 Å². The molecule has 1 aromatic rings. The maximum atomic E-state index is 12.3. The van der Waals surface area contributed by atoms with Gasteiger partial charge in [0.15, 0.2) is 16.6 Å². The number of halogens is 2. The summed E-state index contributed by atoms with van der Waals surface area (Å²) >= 11 is 17.7. The fraction of sp³-hybridized carbons (Fsp3) is 0.333. The van der Waals surface area contributed by atoms with E-state index in [0.29, 0.717) is 27.3 Å². The van der Waals surface area contributed by atoms with Gasteiger partial charge in [-0.15, -0.1) is 0 Å². The van der Waals surface area contributed by atoms with E-state index in [1.807, 2.05) is 0 Å². The molecule has 4 nitrogen and oxygen atoms in total. The van der Waals surface area contributed by atoms with Gasteiger partial charge >= 0.3 is 0 Å². The monoisotopic (exact) mass is 356 g/mol. The van der Waals surface area contributed by atoms with Crippen LogP contribution in [0.25, 0.3) is 0 Å². The maximum Gasteiger partial charge on any atom is 0.171 e. The van der Waals surface area contributed by atoms with Crippen LogP contribution in [0.1, 0.15) is 30.9 Å². The van der Waals surface area contributed by atoms with E-state index in [2.05, 4.69) is 10.6 Å². The Morgan fingerprint density at radius 3 is 2.59 bits per heavy atom. The van der Waals surface area contributed by atoms with Crippen molar-refractivity contribution in [2.45, 2.75) is 25.3 Å². The zero-order valence-electron chi connectivity index (χ0n) is 11.8. The summed E-state index contributed by atoms with van der Waals surface area (Å²) in [6.45, 7) is 0. The number of Topliss-reactive ketones (excluding diaryl/α,β-unsaturated/α-hetero) is 1. The van der Waals surface area contributed by atoms with E-state index < -0.39 is 0 Å². The van der Waals surface area contributed by atoms with Crippen molar-refractivity contribution in [3.8, 4) is 5.75 Å². The van der Waals surface area contributed by atoms with Gasteiger partial charge in [0.1, 0.15) is 0 Å². The highest BCUT2D eigenvalue weighted by Crippen LogP contribution is 2.39. The maximum absolute atomic E-state index is 12.3. The highest BCUT2D eigenvalue weighted by atomic mass is 35.5. The second-order valence-corrected chi connectivity index (χ2v) is 6.44. The minimum Gasteiger partial charge on any atom is -0.494 e. The molecular formula is C15H14Cl2N2O2S. The lowest BCUT2D eigenvalue weighted by molar-refractivity contribution is -0.116. The topological polar surface area (TPSA) is 50.4 Å². The molecular weight excluding hydrogens is 343 g/mol. The first kappa shape index (κ1) is 15.6. The molecule has 2 N–H and O–H groups in total. The average molecular weight is 357 g/mol. The molecule has 1 unspecified atom stereocenters. The molecule has 22 heavy (non-hydrogen) atoms. The van der Waals surface area contributed by atoms with Crippen LogP contribution >= 0.6 is 35.4 Å². The van der Waals surface area contributed by atoms with Crippen LogP contribution < -0.4 is 15.4 Å². The summed E-state index contributed by atoms with van der Waals surface area (Å²) in [5, 5.41) is 7.54. The molecule has 3 rings (SSSR count). The van der Waals surface area contributed by atoms with Crippen molar-refractivity contribution >= 4 is 46.3 Å². The third kappa shape index (κ3) is 2.69. The van der Waals surface area contributed by atoms with Crippen molar-refractivity contribution in [3.63, 3.8) is 0 Å². The predicted octanol–water partition coefficient (Wildman–Crippen LogP) is 3.53. The molecule has 1 aliphatic carbocycles. The summed E-state index contributed by atoms with van der Waals surface area (Å²) in [6, 6.07) is 3.17. The van der Waals surface area contributed by atoms with Crippen molar-refractivity contribution in [3.05, 3.63) is 39.0 Å². The standard InChI is InChI=1S/C15H14Cl2N2O2S/c1-21-14-8(16)5-7(6-9(14)17)13-12-10(18-15(22)19-13)3-2-4-11(12)20/h5-6,13H,2-4H2,1H3,(H2,18,19,22). The van der Waals surface area contributed by atoms with Gasteiger partial charge in [-0.25, -0.2) is 0 Å². The van der Waals surface area contributed by atoms with Crippen molar-refractivity contribution in [1.29, 1.82) is 0 Å². The van der Waals surface area contributed by atoms with Crippen LogP contribution in [-0.2, 0) is 4.79 Å². The average Bonchev–Trinajstić information content (AvgIpc) is 2.46. The van der Waals surface area contributed by atoms with Gasteiger partial charge in [-0.2, -0.15) is 0 Å². The van der Waals surface area contributed by atoms with Gasteiger partial charge in [0.2, 0.25) is 0 Å². The van der Waals surface area contributed by atoms with E-state index in [9.17, 15) is 4.79 Å². The highest BCUT2D eigenvalue weighted by Gasteiger charge is 2.33. The normalized spacial score (nSPS) is 21.1. The predicted molar refractivity (Wildman–Crippen MR) is 90.5 cm³/mol. The summed E-state index contributed by atoms with van der Waals surface area (Å²) in [6.07, 6.45) is 2.20. The minimum absolute atomic E-state index is 0.122. The number of rotatable bonds is 2. The largest absolute Gasteiger partial charge is 0.494 e. The Labute approximate surface area is 143 Å². The van der Waals surface area contributed by atoms with E-state index in [-0.39, 0.29) is 11.8 Å². The quantitative estimate of drug-likeness (QED) is 0.793. The summed E-state index contributed by atoms with van der Waals surface area (Å²) in [7, 11) is 1.51. The number of thiocarbonyl (C=S) groups is 1. The van der Waals surface area contributed by atoms with E-state index in [0.717, 1.165) is 29.7 Å². The van der Waals surface area contributed by atoms with Crippen molar-refractivity contribution in [1.82, 2.24) is 10.6 Å². The smallest absolute Gasteiger partial charge is 0.171 e. The number of ketones is 1. The fourth-order valence-corrected chi connectivity index (χ4v) is 3.80. The molecule has 116 valence electrons. The number of benzene rings is 1. The van der Waals surface area contributed by atoms with Crippen LogP contribution in [0.2, 0.25) is 10.0 Å². The summed E-state index contributed by atoms with van der Waals surface area (Å²) in [5.74, 6) is 0.546. The van der Waals surface area contributed by atoms with Crippen molar-refractivity contribution < 1.29 is 9.53 Å². The van der Waals surface area contributed by atoms with Crippen molar-refractivity contribution in [2.75, 3.05) is 7.11 Å². The van der Waals surface area contributed by atoms with Gasteiger partial charge in [0.05, 0.1) is 23.2 Å². The Morgan fingerprint density at radius 1 is 1.27 bits per heavy atom. The molecule has 1 aromatic carbocycles. The number of nitrogens with one attached hydrogen (secondary N) is 2. The Bertz CT molecular complexity index is 680. The first-order valence-corrected chi connectivity index (χ1v) is 8.04. The molecule has 0 radical (unpaired) electrons. The lowest BCUT2D eigenvalue weighted by atomic mass is 9.85. The van der Waals surface area contributed by atoms with Crippen LogP contribution in [-0.4, -0.2) is 18.0 Å². The van der Waals surface area contributed by atoms with Gasteiger partial charge in [-0.05, 0) is 42.8 Å². The Balaban J connectivity index is 2.10. The van der Waals surface area contributed by atoms with Gasteiger partial charge < -0.3 is 15.4 Å². The first-order chi connectivity index (χ1) is 10.5. The Hall–Kier alpha value is -1.30. The van der Waals surface area contributed by atoms with E-state index in [1.54, 1.807) is 12.1 Å². The fourth-order valence-electron chi connectivity index (χ4n) is 2.90. The Morgan fingerprint density at radius 2 is 1.95 bits per heavy atom. The van der Waals surface area contributed by atoms with Crippen LogP contribution in [0, 0.1) is 0 Å².